The van der Waals surface area contributed by atoms with Crippen LogP contribution in [0.4, 0.5) is 0 Å². The van der Waals surface area contributed by atoms with Gasteiger partial charge < -0.3 is 14.7 Å². The Labute approximate surface area is 137 Å². The molecular formula is C19H37NO2. The highest BCUT2D eigenvalue weighted by atomic mass is 16.5. The Bertz CT molecular complexity index is 313. The molecule has 3 nitrogen and oxygen atoms in total. The predicted octanol–water partition coefficient (Wildman–Crippen LogP) is 3.56. The monoisotopic (exact) mass is 311 g/mol. The molecule has 1 aliphatic carbocycles. The van der Waals surface area contributed by atoms with Crippen LogP contribution in [0.25, 0.3) is 0 Å². The third-order valence-electron chi connectivity index (χ3n) is 5.81. The van der Waals surface area contributed by atoms with Gasteiger partial charge in [0.1, 0.15) is 0 Å². The normalized spacial score (nSPS) is 33.3. The van der Waals surface area contributed by atoms with Crippen LogP contribution in [0.1, 0.15) is 59.8 Å². The lowest BCUT2D eigenvalue weighted by molar-refractivity contribution is -0.0749. The molecule has 2 fully saturated rings. The van der Waals surface area contributed by atoms with Crippen molar-refractivity contribution in [1.82, 2.24) is 4.90 Å². The van der Waals surface area contributed by atoms with Crippen molar-refractivity contribution in [3.05, 3.63) is 0 Å². The summed E-state index contributed by atoms with van der Waals surface area (Å²) in [5, 5.41) is 10.3. The number of aliphatic hydroxyl groups is 1. The second kappa shape index (κ2) is 8.65. The van der Waals surface area contributed by atoms with E-state index in [0.29, 0.717) is 24.5 Å². The van der Waals surface area contributed by atoms with Crippen LogP contribution in [-0.2, 0) is 4.74 Å². The summed E-state index contributed by atoms with van der Waals surface area (Å²) in [6, 6.07) is 0. The second-order valence-electron chi connectivity index (χ2n) is 8.33. The first kappa shape index (κ1) is 18.2. The number of rotatable bonds is 6. The van der Waals surface area contributed by atoms with E-state index in [-0.39, 0.29) is 6.10 Å². The van der Waals surface area contributed by atoms with Crippen molar-refractivity contribution in [2.24, 2.45) is 23.7 Å². The highest BCUT2D eigenvalue weighted by molar-refractivity contribution is 4.82. The van der Waals surface area contributed by atoms with E-state index in [2.05, 4.69) is 32.6 Å². The van der Waals surface area contributed by atoms with E-state index in [0.717, 1.165) is 37.9 Å². The van der Waals surface area contributed by atoms with Gasteiger partial charge >= 0.3 is 0 Å². The fraction of sp³-hybridized carbons (Fsp3) is 1.00. The summed E-state index contributed by atoms with van der Waals surface area (Å²) < 4.78 is 6.18. The Hall–Kier alpha value is -0.120. The molecule has 0 amide bonds. The van der Waals surface area contributed by atoms with E-state index in [9.17, 15) is 5.11 Å². The Morgan fingerprint density at radius 2 is 1.73 bits per heavy atom. The lowest BCUT2D eigenvalue weighted by Crippen LogP contribution is -2.41. The molecule has 22 heavy (non-hydrogen) atoms. The van der Waals surface area contributed by atoms with Gasteiger partial charge in [0.05, 0.1) is 18.8 Å². The molecule has 1 N–H and O–H groups in total. The number of aliphatic hydroxyl groups excluding tert-OH is 1. The van der Waals surface area contributed by atoms with Crippen molar-refractivity contribution in [3.8, 4) is 0 Å². The van der Waals surface area contributed by atoms with E-state index in [1.807, 2.05) is 0 Å². The molecule has 0 radical (unpaired) electrons. The third-order valence-corrected chi connectivity index (χ3v) is 5.81. The van der Waals surface area contributed by atoms with Gasteiger partial charge in [0.25, 0.3) is 0 Å². The van der Waals surface area contributed by atoms with Crippen LogP contribution in [0, 0.1) is 23.7 Å². The van der Waals surface area contributed by atoms with Gasteiger partial charge in [-0.2, -0.15) is 0 Å². The summed E-state index contributed by atoms with van der Waals surface area (Å²) in [6.07, 6.45) is 6.32. The quantitative estimate of drug-likeness (QED) is 0.814. The summed E-state index contributed by atoms with van der Waals surface area (Å²) >= 11 is 0. The molecule has 1 heterocycles. The lowest BCUT2D eigenvalue weighted by Gasteiger charge is -2.38. The van der Waals surface area contributed by atoms with Crippen LogP contribution in [0.2, 0.25) is 0 Å². The van der Waals surface area contributed by atoms with E-state index in [1.54, 1.807) is 0 Å². The lowest BCUT2D eigenvalue weighted by atomic mass is 9.75. The molecule has 0 aromatic rings. The van der Waals surface area contributed by atoms with E-state index < -0.39 is 0 Å². The largest absolute Gasteiger partial charge is 0.389 e. The predicted molar refractivity (Wildman–Crippen MR) is 91.9 cm³/mol. The minimum absolute atomic E-state index is 0.335. The Balaban J connectivity index is 1.73. The molecule has 1 saturated heterocycles. The number of hydrogen-bond donors (Lipinski definition) is 1. The van der Waals surface area contributed by atoms with Gasteiger partial charge in [0.2, 0.25) is 0 Å². The van der Waals surface area contributed by atoms with Gasteiger partial charge in [-0.1, -0.05) is 34.1 Å². The summed E-state index contributed by atoms with van der Waals surface area (Å²) in [6.45, 7) is 12.8. The number of piperidine rings is 1. The van der Waals surface area contributed by atoms with Crippen molar-refractivity contribution in [2.45, 2.75) is 72.0 Å². The molecule has 4 atom stereocenters. The second-order valence-corrected chi connectivity index (χ2v) is 8.33. The van der Waals surface area contributed by atoms with E-state index in [4.69, 9.17) is 4.74 Å². The van der Waals surface area contributed by atoms with Crippen molar-refractivity contribution in [3.63, 3.8) is 0 Å². The van der Waals surface area contributed by atoms with Gasteiger partial charge in [0.15, 0.2) is 0 Å². The maximum atomic E-state index is 10.3. The standard InChI is InChI=1S/C19H37NO2/c1-14(2)18-6-5-16(4)11-19(18)22-13-17(21)12-20-9-7-15(3)8-10-20/h14-19,21H,5-13H2,1-4H3/t16-,17-,18+,19+/m0/s1. The molecule has 0 aromatic carbocycles. The topological polar surface area (TPSA) is 32.7 Å². The first-order valence-electron chi connectivity index (χ1n) is 9.47. The Morgan fingerprint density at radius 3 is 2.36 bits per heavy atom. The first-order chi connectivity index (χ1) is 10.5. The molecule has 2 rings (SSSR count). The molecular weight excluding hydrogens is 274 g/mol. The van der Waals surface area contributed by atoms with Crippen molar-refractivity contribution in [2.75, 3.05) is 26.2 Å². The number of hydrogen-bond acceptors (Lipinski definition) is 3. The van der Waals surface area contributed by atoms with Crippen LogP contribution in [0.15, 0.2) is 0 Å². The molecule has 3 heteroatoms. The zero-order valence-electron chi connectivity index (χ0n) is 15.1. The fourth-order valence-corrected chi connectivity index (χ4v) is 4.14. The summed E-state index contributed by atoms with van der Waals surface area (Å²) in [4.78, 5) is 2.40. The van der Waals surface area contributed by atoms with Crippen LogP contribution in [0.5, 0.6) is 0 Å². The summed E-state index contributed by atoms with van der Waals surface area (Å²) in [5.74, 6) is 2.96. The third kappa shape index (κ3) is 5.50. The molecule has 0 bridgehead atoms. The van der Waals surface area contributed by atoms with E-state index >= 15 is 0 Å². The van der Waals surface area contributed by atoms with Gasteiger partial charge in [-0.3, -0.25) is 0 Å². The maximum Gasteiger partial charge on any atom is 0.0900 e. The van der Waals surface area contributed by atoms with Crippen molar-refractivity contribution < 1.29 is 9.84 Å². The minimum atomic E-state index is -0.335. The number of ether oxygens (including phenoxy) is 1. The zero-order valence-corrected chi connectivity index (χ0v) is 15.1. The zero-order chi connectivity index (χ0) is 16.1. The van der Waals surface area contributed by atoms with Crippen LogP contribution < -0.4 is 0 Å². The highest BCUT2D eigenvalue weighted by Crippen LogP contribution is 2.35. The SMILES string of the molecule is CC1CCN(C[C@H](O)CO[C@@H]2C[C@@H](C)CC[C@@H]2C(C)C)CC1. The Kier molecular flexibility index (Phi) is 7.17. The number of likely N-dealkylation sites (tertiary alicyclic amines) is 1. The average Bonchev–Trinajstić information content (AvgIpc) is 2.47. The van der Waals surface area contributed by atoms with Crippen LogP contribution >= 0.6 is 0 Å². The van der Waals surface area contributed by atoms with Crippen LogP contribution in [0.3, 0.4) is 0 Å². The molecule has 1 aliphatic heterocycles. The Morgan fingerprint density at radius 1 is 1.05 bits per heavy atom. The number of nitrogens with zero attached hydrogens (tertiary/aromatic N) is 1. The fourth-order valence-electron chi connectivity index (χ4n) is 4.14. The number of β-amino-alcohol motifs (C(OH)–C–C–N with tert-alkyl or cyclic N) is 1. The van der Waals surface area contributed by atoms with Crippen LogP contribution in [-0.4, -0.2) is 48.5 Å². The maximum absolute atomic E-state index is 10.3. The molecule has 1 saturated carbocycles. The molecule has 2 aliphatic rings. The molecule has 0 spiro atoms. The van der Waals surface area contributed by atoms with Crippen molar-refractivity contribution >= 4 is 0 Å². The average molecular weight is 312 g/mol. The minimum Gasteiger partial charge on any atom is -0.389 e. The van der Waals surface area contributed by atoms with Gasteiger partial charge in [-0.15, -0.1) is 0 Å². The molecule has 0 unspecified atom stereocenters. The molecule has 0 aromatic heterocycles. The highest BCUT2D eigenvalue weighted by Gasteiger charge is 2.31. The van der Waals surface area contributed by atoms with E-state index in [1.165, 1.54) is 25.7 Å². The van der Waals surface area contributed by atoms with Gasteiger partial charge in [0, 0.05) is 6.54 Å². The smallest absolute Gasteiger partial charge is 0.0900 e. The van der Waals surface area contributed by atoms with Crippen molar-refractivity contribution in [1.29, 1.82) is 0 Å². The summed E-state index contributed by atoms with van der Waals surface area (Å²) in [5.41, 5.74) is 0. The van der Waals surface area contributed by atoms with Gasteiger partial charge in [-0.05, 0) is 62.4 Å². The van der Waals surface area contributed by atoms with Gasteiger partial charge in [-0.25, -0.2) is 0 Å². The summed E-state index contributed by atoms with van der Waals surface area (Å²) in [7, 11) is 0. The first-order valence-corrected chi connectivity index (χ1v) is 9.47. The molecule has 130 valence electrons.